The van der Waals surface area contributed by atoms with E-state index in [1.807, 2.05) is 19.9 Å². The molecule has 0 saturated heterocycles. The SMILES string of the molecule is Cc1cc(C)n2nc(C(=O)OCCN3C(=O)c4ccccc4C3=O)nc2n1. The van der Waals surface area contributed by atoms with Gasteiger partial charge in [0.05, 0.1) is 17.7 Å². The second-order valence-electron chi connectivity index (χ2n) is 6.13. The Morgan fingerprint density at radius 3 is 2.41 bits per heavy atom. The van der Waals surface area contributed by atoms with Gasteiger partial charge < -0.3 is 4.74 Å². The molecule has 2 amide bonds. The lowest BCUT2D eigenvalue weighted by atomic mass is 10.1. The minimum Gasteiger partial charge on any atom is -0.458 e. The summed E-state index contributed by atoms with van der Waals surface area (Å²) in [4.78, 5) is 46.1. The second kappa shape index (κ2) is 6.27. The molecule has 27 heavy (non-hydrogen) atoms. The molecule has 0 saturated carbocycles. The van der Waals surface area contributed by atoms with Crippen LogP contribution < -0.4 is 0 Å². The largest absolute Gasteiger partial charge is 0.458 e. The van der Waals surface area contributed by atoms with E-state index in [9.17, 15) is 14.4 Å². The Hall–Kier alpha value is -3.62. The number of imide groups is 1. The maximum atomic E-state index is 12.3. The monoisotopic (exact) mass is 365 g/mol. The number of amides is 2. The fourth-order valence-electron chi connectivity index (χ4n) is 2.99. The zero-order valence-electron chi connectivity index (χ0n) is 14.7. The van der Waals surface area contributed by atoms with Crippen LogP contribution in [0.15, 0.2) is 30.3 Å². The van der Waals surface area contributed by atoms with E-state index in [1.54, 1.807) is 24.3 Å². The fourth-order valence-corrected chi connectivity index (χ4v) is 2.99. The molecule has 0 aliphatic carbocycles. The van der Waals surface area contributed by atoms with Crippen LogP contribution in [0.2, 0.25) is 0 Å². The molecule has 9 heteroatoms. The Labute approximate surface area is 153 Å². The second-order valence-corrected chi connectivity index (χ2v) is 6.13. The highest BCUT2D eigenvalue weighted by Crippen LogP contribution is 2.21. The average molecular weight is 365 g/mol. The van der Waals surface area contributed by atoms with Crippen molar-refractivity contribution >= 4 is 23.6 Å². The van der Waals surface area contributed by atoms with Gasteiger partial charge in [0.1, 0.15) is 6.61 Å². The molecule has 0 atom stereocenters. The third kappa shape index (κ3) is 2.82. The van der Waals surface area contributed by atoms with Gasteiger partial charge in [0.25, 0.3) is 23.4 Å². The summed E-state index contributed by atoms with van der Waals surface area (Å²) in [6.45, 7) is 3.46. The van der Waals surface area contributed by atoms with Crippen LogP contribution in [0, 0.1) is 13.8 Å². The standard InChI is InChI=1S/C18H15N5O4/c1-10-9-11(2)23-18(19-10)20-14(21-23)17(26)27-8-7-22-15(24)12-5-3-4-6-13(12)16(22)25/h3-6,9H,7-8H2,1-2H3. The predicted molar refractivity (Wildman–Crippen MR) is 92.3 cm³/mol. The number of fused-ring (bicyclic) bond motifs is 2. The summed E-state index contributed by atoms with van der Waals surface area (Å²) in [5, 5.41) is 4.09. The molecule has 0 unspecified atom stereocenters. The molecular formula is C18H15N5O4. The summed E-state index contributed by atoms with van der Waals surface area (Å²) >= 11 is 0. The Bertz CT molecular complexity index is 1070. The van der Waals surface area contributed by atoms with Crippen molar-refractivity contribution in [2.45, 2.75) is 13.8 Å². The van der Waals surface area contributed by atoms with Crippen molar-refractivity contribution in [3.05, 3.63) is 58.7 Å². The van der Waals surface area contributed by atoms with E-state index in [1.165, 1.54) is 4.52 Å². The van der Waals surface area contributed by atoms with Crippen LogP contribution >= 0.6 is 0 Å². The van der Waals surface area contributed by atoms with Gasteiger partial charge in [-0.2, -0.15) is 4.98 Å². The number of aryl methyl sites for hydroxylation is 2. The number of carbonyl (C=O) groups is 3. The number of rotatable bonds is 4. The summed E-state index contributed by atoms with van der Waals surface area (Å²) in [5.74, 6) is -1.35. The number of esters is 1. The Kier molecular flexibility index (Phi) is 3.91. The van der Waals surface area contributed by atoms with E-state index in [0.717, 1.165) is 16.3 Å². The zero-order chi connectivity index (χ0) is 19.1. The Balaban J connectivity index is 1.43. The normalized spacial score (nSPS) is 13.3. The molecule has 0 radical (unpaired) electrons. The van der Waals surface area contributed by atoms with Gasteiger partial charge in [0, 0.05) is 11.4 Å². The molecule has 3 aromatic rings. The Morgan fingerprint density at radius 2 is 1.74 bits per heavy atom. The maximum absolute atomic E-state index is 12.3. The van der Waals surface area contributed by atoms with Gasteiger partial charge in [0.2, 0.25) is 0 Å². The molecule has 0 spiro atoms. The van der Waals surface area contributed by atoms with Crippen LogP contribution in [-0.4, -0.2) is 55.4 Å². The smallest absolute Gasteiger partial charge is 0.378 e. The van der Waals surface area contributed by atoms with Crippen LogP contribution in [0.25, 0.3) is 5.78 Å². The molecule has 1 aromatic carbocycles. The van der Waals surface area contributed by atoms with Gasteiger partial charge in [-0.1, -0.05) is 12.1 Å². The maximum Gasteiger partial charge on any atom is 0.378 e. The highest BCUT2D eigenvalue weighted by atomic mass is 16.5. The lowest BCUT2D eigenvalue weighted by Gasteiger charge is -2.13. The number of aromatic nitrogens is 4. The van der Waals surface area contributed by atoms with Gasteiger partial charge >= 0.3 is 5.97 Å². The first-order valence-corrected chi connectivity index (χ1v) is 8.29. The van der Waals surface area contributed by atoms with Gasteiger partial charge in [-0.05, 0) is 32.0 Å². The molecule has 3 heterocycles. The molecule has 0 bridgehead atoms. The molecular weight excluding hydrogens is 350 g/mol. The van der Waals surface area contributed by atoms with Crippen LogP contribution in [0.5, 0.6) is 0 Å². The Morgan fingerprint density at radius 1 is 1.07 bits per heavy atom. The van der Waals surface area contributed by atoms with Crippen molar-refractivity contribution in [3.63, 3.8) is 0 Å². The summed E-state index contributed by atoms with van der Waals surface area (Å²) in [7, 11) is 0. The topological polar surface area (TPSA) is 107 Å². The minimum atomic E-state index is -0.742. The highest BCUT2D eigenvalue weighted by molar-refractivity contribution is 6.21. The van der Waals surface area contributed by atoms with Crippen molar-refractivity contribution < 1.29 is 19.1 Å². The first-order valence-electron chi connectivity index (χ1n) is 8.29. The van der Waals surface area contributed by atoms with Crippen LogP contribution in [0.4, 0.5) is 0 Å². The summed E-state index contributed by atoms with van der Waals surface area (Å²) < 4.78 is 6.59. The molecule has 2 aromatic heterocycles. The molecule has 9 nitrogen and oxygen atoms in total. The molecule has 0 fully saturated rings. The number of hydrogen-bond acceptors (Lipinski definition) is 7. The molecule has 1 aliphatic heterocycles. The van der Waals surface area contributed by atoms with Crippen molar-refractivity contribution in [3.8, 4) is 0 Å². The molecule has 1 aliphatic rings. The first kappa shape index (κ1) is 16.8. The van der Waals surface area contributed by atoms with Crippen molar-refractivity contribution in [2.24, 2.45) is 0 Å². The predicted octanol–water partition coefficient (Wildman–Crippen LogP) is 1.19. The third-order valence-electron chi connectivity index (χ3n) is 4.23. The van der Waals surface area contributed by atoms with E-state index < -0.39 is 17.8 Å². The van der Waals surface area contributed by atoms with Crippen molar-refractivity contribution in [1.29, 1.82) is 0 Å². The van der Waals surface area contributed by atoms with Gasteiger partial charge in [-0.3, -0.25) is 14.5 Å². The van der Waals surface area contributed by atoms with Gasteiger partial charge in [-0.25, -0.2) is 14.3 Å². The fraction of sp³-hybridized carbons (Fsp3) is 0.222. The molecule has 0 N–H and O–H groups in total. The van der Waals surface area contributed by atoms with Gasteiger partial charge in [-0.15, -0.1) is 5.10 Å². The van der Waals surface area contributed by atoms with Crippen LogP contribution in [0.1, 0.15) is 42.7 Å². The van der Waals surface area contributed by atoms with E-state index in [-0.39, 0.29) is 19.0 Å². The number of nitrogens with zero attached hydrogens (tertiary/aromatic N) is 5. The lowest BCUT2D eigenvalue weighted by molar-refractivity contribution is 0.0410. The van der Waals surface area contributed by atoms with Gasteiger partial charge in [0.15, 0.2) is 0 Å². The number of hydrogen-bond donors (Lipinski definition) is 0. The van der Waals surface area contributed by atoms with E-state index in [0.29, 0.717) is 16.9 Å². The number of ether oxygens (including phenoxy) is 1. The lowest BCUT2D eigenvalue weighted by Crippen LogP contribution is -2.33. The van der Waals surface area contributed by atoms with Crippen molar-refractivity contribution in [1.82, 2.24) is 24.5 Å². The summed E-state index contributed by atoms with van der Waals surface area (Å²) in [6.07, 6.45) is 0. The highest BCUT2D eigenvalue weighted by Gasteiger charge is 2.34. The van der Waals surface area contributed by atoms with Crippen LogP contribution in [0.3, 0.4) is 0 Å². The minimum absolute atomic E-state index is 0.0398. The third-order valence-corrected chi connectivity index (χ3v) is 4.23. The number of carbonyl (C=O) groups excluding carboxylic acids is 3. The van der Waals surface area contributed by atoms with E-state index >= 15 is 0 Å². The zero-order valence-corrected chi connectivity index (χ0v) is 14.7. The first-order chi connectivity index (χ1) is 13.0. The summed E-state index contributed by atoms with van der Waals surface area (Å²) in [6, 6.07) is 8.40. The van der Waals surface area contributed by atoms with Crippen LogP contribution in [-0.2, 0) is 4.74 Å². The average Bonchev–Trinajstić information content (AvgIpc) is 3.17. The number of benzene rings is 1. The summed E-state index contributed by atoms with van der Waals surface area (Å²) in [5.41, 5.74) is 2.26. The molecule has 4 rings (SSSR count). The van der Waals surface area contributed by atoms with E-state index in [2.05, 4.69) is 15.1 Å². The molecule has 136 valence electrons. The van der Waals surface area contributed by atoms with E-state index in [4.69, 9.17) is 4.74 Å². The van der Waals surface area contributed by atoms with Crippen molar-refractivity contribution in [2.75, 3.05) is 13.2 Å². The quantitative estimate of drug-likeness (QED) is 0.505.